The summed E-state index contributed by atoms with van der Waals surface area (Å²) in [5.41, 5.74) is 0.984. The van der Waals surface area contributed by atoms with Gasteiger partial charge in [0.2, 0.25) is 0 Å². The summed E-state index contributed by atoms with van der Waals surface area (Å²) >= 11 is 0. The summed E-state index contributed by atoms with van der Waals surface area (Å²) in [4.78, 5) is 11.9. The average molecular weight is 328 g/mol. The van der Waals surface area contributed by atoms with Crippen LogP contribution < -0.4 is 9.47 Å². The molecule has 0 aromatic heterocycles. The van der Waals surface area contributed by atoms with Crippen LogP contribution in [0, 0.1) is 13.8 Å². The normalized spacial score (nSPS) is 11.0. The predicted octanol–water partition coefficient (Wildman–Crippen LogP) is 4.82. The quantitative estimate of drug-likeness (QED) is 0.713. The third kappa shape index (κ3) is 4.51. The predicted molar refractivity (Wildman–Crippen MR) is 93.8 cm³/mol. The second-order valence-corrected chi connectivity index (χ2v) is 6.18. The lowest BCUT2D eigenvalue weighted by atomic mass is 10.1. The zero-order valence-corrected chi connectivity index (χ0v) is 14.9. The van der Waals surface area contributed by atoms with Gasteiger partial charge in [-0.25, -0.2) is 4.79 Å². The molecule has 24 heavy (non-hydrogen) atoms. The van der Waals surface area contributed by atoms with Crippen LogP contribution in [0.25, 0.3) is 0 Å². The molecule has 2 rings (SSSR count). The highest BCUT2D eigenvalue weighted by atomic mass is 16.6. The van der Waals surface area contributed by atoms with Crippen molar-refractivity contribution in [1.82, 2.24) is 0 Å². The van der Waals surface area contributed by atoms with E-state index in [2.05, 4.69) is 0 Å². The Balaban J connectivity index is 2.13. The van der Waals surface area contributed by atoms with Gasteiger partial charge in [-0.15, -0.1) is 0 Å². The highest BCUT2D eigenvalue weighted by molar-refractivity contribution is 5.79. The van der Waals surface area contributed by atoms with Gasteiger partial charge in [0.05, 0.1) is 6.61 Å². The van der Waals surface area contributed by atoms with Crippen molar-refractivity contribution in [2.24, 2.45) is 0 Å². The van der Waals surface area contributed by atoms with Gasteiger partial charge in [0.1, 0.15) is 17.2 Å². The first-order valence-corrected chi connectivity index (χ1v) is 8.03. The lowest BCUT2D eigenvalue weighted by Gasteiger charge is -2.25. The van der Waals surface area contributed by atoms with Crippen LogP contribution in [0.4, 0.5) is 0 Å². The Morgan fingerprint density at radius 1 is 1.04 bits per heavy atom. The molecule has 0 radical (unpaired) electrons. The van der Waals surface area contributed by atoms with Crippen molar-refractivity contribution >= 4 is 5.97 Å². The summed E-state index contributed by atoms with van der Waals surface area (Å²) in [5.74, 6) is 1.75. The molecular formula is C20H24O4. The maximum absolute atomic E-state index is 11.9. The molecule has 128 valence electrons. The number of hydrogen-bond donors (Lipinski definition) is 0. The van der Waals surface area contributed by atoms with E-state index in [0.29, 0.717) is 12.4 Å². The molecule has 0 aliphatic heterocycles. The molecule has 0 bridgehead atoms. The molecule has 4 nitrogen and oxygen atoms in total. The number of hydrogen-bond acceptors (Lipinski definition) is 4. The largest absolute Gasteiger partial charge is 0.476 e. The van der Waals surface area contributed by atoms with E-state index < -0.39 is 5.60 Å². The molecular weight excluding hydrogens is 304 g/mol. The van der Waals surface area contributed by atoms with Crippen molar-refractivity contribution in [3.05, 3.63) is 53.6 Å². The molecule has 0 N–H and O–H groups in total. The van der Waals surface area contributed by atoms with Crippen LogP contribution in [0.15, 0.2) is 42.5 Å². The lowest BCUT2D eigenvalue weighted by Crippen LogP contribution is -2.39. The van der Waals surface area contributed by atoms with E-state index in [4.69, 9.17) is 14.2 Å². The molecule has 0 saturated carbocycles. The third-order valence-electron chi connectivity index (χ3n) is 3.50. The van der Waals surface area contributed by atoms with Gasteiger partial charge in [-0.2, -0.15) is 0 Å². The van der Waals surface area contributed by atoms with Crippen molar-refractivity contribution in [2.75, 3.05) is 6.61 Å². The zero-order valence-electron chi connectivity index (χ0n) is 14.9. The van der Waals surface area contributed by atoms with E-state index in [1.807, 2.05) is 50.2 Å². The van der Waals surface area contributed by atoms with Crippen molar-refractivity contribution in [3.8, 4) is 17.2 Å². The minimum Gasteiger partial charge on any atom is -0.476 e. The monoisotopic (exact) mass is 328 g/mol. The Kier molecular flexibility index (Phi) is 5.50. The molecule has 0 atom stereocenters. The summed E-state index contributed by atoms with van der Waals surface area (Å²) in [7, 11) is 0. The number of carbonyl (C=O) groups excluding carboxylic acids is 1. The fourth-order valence-corrected chi connectivity index (χ4v) is 2.24. The Bertz CT molecular complexity index is 719. The van der Waals surface area contributed by atoms with Crippen molar-refractivity contribution in [2.45, 2.75) is 40.2 Å². The van der Waals surface area contributed by atoms with Crippen LogP contribution in [0.3, 0.4) is 0 Å². The Morgan fingerprint density at radius 2 is 1.75 bits per heavy atom. The van der Waals surface area contributed by atoms with Gasteiger partial charge in [-0.05, 0) is 76.1 Å². The maximum atomic E-state index is 11.9. The molecule has 2 aromatic carbocycles. The maximum Gasteiger partial charge on any atom is 0.349 e. The fraction of sp³-hybridized carbons (Fsp3) is 0.350. The second kappa shape index (κ2) is 7.39. The van der Waals surface area contributed by atoms with E-state index >= 15 is 0 Å². The van der Waals surface area contributed by atoms with Gasteiger partial charge in [-0.1, -0.05) is 12.1 Å². The Hall–Kier alpha value is -2.49. The summed E-state index contributed by atoms with van der Waals surface area (Å²) < 4.78 is 16.7. The van der Waals surface area contributed by atoms with Crippen LogP contribution in [-0.2, 0) is 9.53 Å². The van der Waals surface area contributed by atoms with Gasteiger partial charge in [0, 0.05) is 0 Å². The zero-order chi connectivity index (χ0) is 17.7. The number of aryl methyl sites for hydroxylation is 2. The summed E-state index contributed by atoms with van der Waals surface area (Å²) in [6, 6.07) is 13.4. The van der Waals surface area contributed by atoms with Gasteiger partial charge < -0.3 is 14.2 Å². The van der Waals surface area contributed by atoms with Crippen LogP contribution in [0.2, 0.25) is 0 Å². The minimum atomic E-state index is -1.04. The molecule has 0 unspecified atom stereocenters. The van der Waals surface area contributed by atoms with Crippen molar-refractivity contribution in [3.63, 3.8) is 0 Å². The summed E-state index contributed by atoms with van der Waals surface area (Å²) in [6.07, 6.45) is 0. The number of rotatable bonds is 6. The molecule has 0 aliphatic rings. The van der Waals surface area contributed by atoms with E-state index in [0.717, 1.165) is 22.6 Å². The summed E-state index contributed by atoms with van der Waals surface area (Å²) in [5, 5.41) is 0. The minimum absolute atomic E-state index is 0.327. The van der Waals surface area contributed by atoms with Crippen LogP contribution in [0.5, 0.6) is 17.2 Å². The SMILES string of the molecule is CCOC(=O)C(C)(C)Oc1ccc(Oc2cccc(C)c2)cc1C. The summed E-state index contributed by atoms with van der Waals surface area (Å²) in [6.45, 7) is 9.43. The molecule has 0 amide bonds. The molecule has 2 aromatic rings. The van der Waals surface area contributed by atoms with E-state index in [-0.39, 0.29) is 5.97 Å². The van der Waals surface area contributed by atoms with E-state index in [1.165, 1.54) is 0 Å². The smallest absolute Gasteiger partial charge is 0.349 e. The average Bonchev–Trinajstić information content (AvgIpc) is 2.50. The molecule has 0 heterocycles. The standard InChI is InChI=1S/C20H24O4/c1-6-22-19(21)20(4,5)24-18-11-10-17(13-15(18)3)23-16-9-7-8-14(2)12-16/h7-13H,6H2,1-5H3. The fourth-order valence-electron chi connectivity index (χ4n) is 2.24. The van der Waals surface area contributed by atoms with Gasteiger partial charge >= 0.3 is 5.97 Å². The first-order valence-electron chi connectivity index (χ1n) is 8.03. The Morgan fingerprint density at radius 3 is 2.38 bits per heavy atom. The van der Waals surface area contributed by atoms with Crippen LogP contribution in [-0.4, -0.2) is 18.2 Å². The van der Waals surface area contributed by atoms with E-state index in [1.54, 1.807) is 26.8 Å². The number of benzene rings is 2. The van der Waals surface area contributed by atoms with Crippen molar-refractivity contribution in [1.29, 1.82) is 0 Å². The number of carbonyl (C=O) groups is 1. The third-order valence-corrected chi connectivity index (χ3v) is 3.50. The number of ether oxygens (including phenoxy) is 3. The van der Waals surface area contributed by atoms with Crippen LogP contribution in [0.1, 0.15) is 31.9 Å². The lowest BCUT2D eigenvalue weighted by molar-refractivity contribution is -0.158. The topological polar surface area (TPSA) is 44.8 Å². The molecule has 4 heteroatoms. The highest BCUT2D eigenvalue weighted by Gasteiger charge is 2.32. The molecule has 0 saturated heterocycles. The van der Waals surface area contributed by atoms with Crippen molar-refractivity contribution < 1.29 is 19.0 Å². The van der Waals surface area contributed by atoms with Gasteiger partial charge in [0.15, 0.2) is 5.60 Å². The molecule has 0 spiro atoms. The van der Waals surface area contributed by atoms with Gasteiger partial charge in [-0.3, -0.25) is 0 Å². The first kappa shape index (κ1) is 17.9. The second-order valence-electron chi connectivity index (χ2n) is 6.18. The number of esters is 1. The first-order chi connectivity index (χ1) is 11.3. The highest BCUT2D eigenvalue weighted by Crippen LogP contribution is 2.30. The van der Waals surface area contributed by atoms with Gasteiger partial charge in [0.25, 0.3) is 0 Å². The molecule has 0 fully saturated rings. The Labute approximate surface area is 143 Å². The van der Waals surface area contributed by atoms with E-state index in [9.17, 15) is 4.79 Å². The molecule has 0 aliphatic carbocycles. The van der Waals surface area contributed by atoms with Crippen LogP contribution >= 0.6 is 0 Å².